The molecule has 0 saturated carbocycles. The summed E-state index contributed by atoms with van der Waals surface area (Å²) >= 11 is 5.27. The lowest BCUT2D eigenvalue weighted by Crippen LogP contribution is -2.06. The highest BCUT2D eigenvalue weighted by atomic mass is 127. The maximum Gasteiger partial charge on any atom is 0.343 e. The standard InChI is InChI=1S/C7H8BrIN2O2/c1-3-13-7(12)4-5(8)11(2)10-6(4)9/h3H2,1-2H3. The van der Waals surface area contributed by atoms with Crippen molar-refractivity contribution in [2.75, 3.05) is 6.61 Å². The van der Waals surface area contributed by atoms with Crippen molar-refractivity contribution in [2.24, 2.45) is 7.05 Å². The monoisotopic (exact) mass is 358 g/mol. The van der Waals surface area contributed by atoms with Gasteiger partial charge in [0, 0.05) is 7.05 Å². The van der Waals surface area contributed by atoms with Crippen LogP contribution < -0.4 is 0 Å². The van der Waals surface area contributed by atoms with Crippen molar-refractivity contribution in [3.63, 3.8) is 0 Å². The molecule has 0 unspecified atom stereocenters. The van der Waals surface area contributed by atoms with Gasteiger partial charge in [0.05, 0.1) is 6.61 Å². The Bertz CT molecular complexity index is 337. The third-order valence-corrected chi connectivity index (χ3v) is 3.08. The van der Waals surface area contributed by atoms with Crippen LogP contribution in [0.4, 0.5) is 0 Å². The second-order valence-electron chi connectivity index (χ2n) is 2.30. The Morgan fingerprint density at radius 2 is 2.38 bits per heavy atom. The highest BCUT2D eigenvalue weighted by Gasteiger charge is 2.20. The van der Waals surface area contributed by atoms with E-state index in [2.05, 4.69) is 21.0 Å². The number of esters is 1. The molecule has 13 heavy (non-hydrogen) atoms. The van der Waals surface area contributed by atoms with Gasteiger partial charge in [0.15, 0.2) is 0 Å². The lowest BCUT2D eigenvalue weighted by atomic mass is 10.4. The van der Waals surface area contributed by atoms with E-state index in [1.807, 2.05) is 22.6 Å². The number of aryl methyl sites for hydroxylation is 1. The van der Waals surface area contributed by atoms with E-state index in [9.17, 15) is 4.79 Å². The van der Waals surface area contributed by atoms with Gasteiger partial charge in [-0.05, 0) is 45.4 Å². The van der Waals surface area contributed by atoms with Crippen LogP contribution in [0.1, 0.15) is 17.3 Å². The molecule has 0 fully saturated rings. The van der Waals surface area contributed by atoms with Gasteiger partial charge in [-0.1, -0.05) is 0 Å². The van der Waals surface area contributed by atoms with E-state index in [0.717, 1.165) is 0 Å². The molecule has 0 saturated heterocycles. The van der Waals surface area contributed by atoms with E-state index in [-0.39, 0.29) is 5.97 Å². The van der Waals surface area contributed by atoms with Crippen LogP contribution in [-0.2, 0) is 11.8 Å². The molecule has 4 nitrogen and oxygen atoms in total. The number of hydrogen-bond acceptors (Lipinski definition) is 3. The summed E-state index contributed by atoms with van der Waals surface area (Å²) in [5.74, 6) is -0.341. The summed E-state index contributed by atoms with van der Waals surface area (Å²) in [6, 6.07) is 0. The molecular weight excluding hydrogens is 351 g/mol. The Morgan fingerprint density at radius 1 is 1.77 bits per heavy atom. The number of hydrogen-bond donors (Lipinski definition) is 0. The fraction of sp³-hybridized carbons (Fsp3) is 0.429. The van der Waals surface area contributed by atoms with Gasteiger partial charge in [-0.25, -0.2) is 4.79 Å². The second-order valence-corrected chi connectivity index (χ2v) is 4.07. The first-order valence-corrected chi connectivity index (χ1v) is 5.50. The van der Waals surface area contributed by atoms with Crippen molar-refractivity contribution in [3.05, 3.63) is 13.9 Å². The fourth-order valence-electron chi connectivity index (χ4n) is 0.844. The van der Waals surface area contributed by atoms with Crippen molar-refractivity contribution in [2.45, 2.75) is 6.92 Å². The molecule has 0 atom stereocenters. The molecule has 0 amide bonds. The highest BCUT2D eigenvalue weighted by Crippen LogP contribution is 2.21. The van der Waals surface area contributed by atoms with E-state index in [0.29, 0.717) is 20.5 Å². The van der Waals surface area contributed by atoms with Crippen molar-refractivity contribution >= 4 is 44.5 Å². The molecule has 1 rings (SSSR count). The van der Waals surface area contributed by atoms with E-state index < -0.39 is 0 Å². The molecule has 1 aromatic rings. The van der Waals surface area contributed by atoms with Crippen molar-refractivity contribution in [3.8, 4) is 0 Å². The first-order valence-electron chi connectivity index (χ1n) is 3.63. The molecule has 0 aromatic carbocycles. The Hall–Kier alpha value is -0.110. The third-order valence-electron chi connectivity index (χ3n) is 1.41. The van der Waals surface area contributed by atoms with Crippen LogP contribution in [-0.4, -0.2) is 22.4 Å². The number of nitrogens with zero attached hydrogens (tertiary/aromatic N) is 2. The Labute approximate surface area is 97.9 Å². The summed E-state index contributed by atoms with van der Waals surface area (Å²) in [5.41, 5.74) is 0.491. The summed E-state index contributed by atoms with van der Waals surface area (Å²) in [6.07, 6.45) is 0. The van der Waals surface area contributed by atoms with Crippen LogP contribution in [0.2, 0.25) is 0 Å². The van der Waals surface area contributed by atoms with Gasteiger partial charge in [-0.2, -0.15) is 5.10 Å². The number of carbonyl (C=O) groups excluding carboxylic acids is 1. The smallest absolute Gasteiger partial charge is 0.343 e. The maximum atomic E-state index is 11.4. The lowest BCUT2D eigenvalue weighted by Gasteiger charge is -1.99. The minimum absolute atomic E-state index is 0.341. The number of aromatic nitrogens is 2. The van der Waals surface area contributed by atoms with E-state index in [4.69, 9.17) is 4.74 Å². The van der Waals surface area contributed by atoms with Crippen molar-refractivity contribution < 1.29 is 9.53 Å². The van der Waals surface area contributed by atoms with Gasteiger partial charge in [0.25, 0.3) is 0 Å². The summed E-state index contributed by atoms with van der Waals surface area (Å²) in [6.45, 7) is 2.14. The van der Waals surface area contributed by atoms with Crippen LogP contribution in [0.15, 0.2) is 4.60 Å². The minimum atomic E-state index is -0.341. The quantitative estimate of drug-likeness (QED) is 0.599. The average Bonchev–Trinajstić information content (AvgIpc) is 2.27. The first kappa shape index (κ1) is 11.0. The van der Waals surface area contributed by atoms with Crippen LogP contribution in [0, 0.1) is 3.70 Å². The lowest BCUT2D eigenvalue weighted by molar-refractivity contribution is 0.0524. The number of ether oxygens (including phenoxy) is 1. The number of halogens is 2. The zero-order chi connectivity index (χ0) is 10.0. The minimum Gasteiger partial charge on any atom is -0.462 e. The fourth-order valence-corrected chi connectivity index (χ4v) is 2.44. The van der Waals surface area contributed by atoms with E-state index in [1.165, 1.54) is 0 Å². The van der Waals surface area contributed by atoms with Gasteiger partial charge in [0.2, 0.25) is 0 Å². The SMILES string of the molecule is CCOC(=O)c1c(I)nn(C)c1Br. The topological polar surface area (TPSA) is 44.1 Å². The van der Waals surface area contributed by atoms with Gasteiger partial charge in [-0.3, -0.25) is 4.68 Å². The highest BCUT2D eigenvalue weighted by molar-refractivity contribution is 14.1. The summed E-state index contributed by atoms with van der Waals surface area (Å²) < 4.78 is 7.76. The van der Waals surface area contributed by atoms with Crippen LogP contribution >= 0.6 is 38.5 Å². The number of rotatable bonds is 2. The molecule has 1 aromatic heterocycles. The molecule has 0 spiro atoms. The van der Waals surface area contributed by atoms with E-state index in [1.54, 1.807) is 18.7 Å². The molecule has 1 heterocycles. The largest absolute Gasteiger partial charge is 0.462 e. The maximum absolute atomic E-state index is 11.4. The van der Waals surface area contributed by atoms with Gasteiger partial charge in [0.1, 0.15) is 13.9 Å². The summed E-state index contributed by atoms with van der Waals surface area (Å²) in [4.78, 5) is 11.4. The molecule has 0 radical (unpaired) electrons. The number of carbonyl (C=O) groups is 1. The molecule has 0 bridgehead atoms. The van der Waals surface area contributed by atoms with Crippen molar-refractivity contribution in [1.29, 1.82) is 0 Å². The normalized spacial score (nSPS) is 10.2. The predicted molar refractivity (Wildman–Crippen MR) is 59.6 cm³/mol. The van der Waals surface area contributed by atoms with Crippen LogP contribution in [0.25, 0.3) is 0 Å². The van der Waals surface area contributed by atoms with Gasteiger partial charge < -0.3 is 4.74 Å². The van der Waals surface area contributed by atoms with Crippen LogP contribution in [0.3, 0.4) is 0 Å². The van der Waals surface area contributed by atoms with Crippen molar-refractivity contribution in [1.82, 2.24) is 9.78 Å². The Balaban J connectivity index is 3.06. The Morgan fingerprint density at radius 3 is 2.77 bits per heavy atom. The first-order chi connectivity index (χ1) is 6.07. The zero-order valence-corrected chi connectivity index (χ0v) is 10.9. The van der Waals surface area contributed by atoms with E-state index >= 15 is 0 Å². The Kier molecular flexibility index (Phi) is 3.72. The predicted octanol–water partition coefficient (Wildman–Crippen LogP) is 1.96. The summed E-state index contributed by atoms with van der Waals surface area (Å²) in [7, 11) is 1.76. The third kappa shape index (κ3) is 2.22. The molecule has 0 aliphatic heterocycles. The molecular formula is C7H8BrIN2O2. The van der Waals surface area contributed by atoms with Gasteiger partial charge >= 0.3 is 5.97 Å². The molecule has 6 heteroatoms. The average molecular weight is 359 g/mol. The van der Waals surface area contributed by atoms with Gasteiger partial charge in [-0.15, -0.1) is 0 Å². The zero-order valence-electron chi connectivity index (χ0n) is 7.17. The van der Waals surface area contributed by atoms with Crippen LogP contribution in [0.5, 0.6) is 0 Å². The molecule has 72 valence electrons. The second kappa shape index (κ2) is 4.41. The molecule has 0 aliphatic rings. The summed E-state index contributed by atoms with van der Waals surface area (Å²) in [5, 5.41) is 4.07. The molecule has 0 aliphatic carbocycles. The molecule has 0 N–H and O–H groups in total.